The van der Waals surface area contributed by atoms with Crippen molar-refractivity contribution in [3.05, 3.63) is 9.81 Å². The zero-order chi connectivity index (χ0) is 9.10. The van der Waals surface area contributed by atoms with Crippen LogP contribution in [0.2, 0.25) is 0 Å². The Morgan fingerprint density at radius 2 is 1.69 bits per heavy atom. The van der Waals surface area contributed by atoms with Gasteiger partial charge in [0.25, 0.3) is 0 Å². The molecule has 2 aliphatic rings. The van der Waals surface area contributed by atoms with Crippen molar-refractivity contribution in [2.45, 2.75) is 39.0 Å². The summed E-state index contributed by atoms with van der Waals surface area (Å²) in [4.78, 5) is 0. The molecule has 0 bridgehead atoms. The van der Waals surface area contributed by atoms with Crippen LogP contribution in [-0.2, 0) is 0 Å². The third-order valence-corrected chi connectivity index (χ3v) is 5.72. The minimum absolute atomic E-state index is 0.975. The van der Waals surface area contributed by atoms with Gasteiger partial charge in [-0.2, -0.15) is 0 Å². The van der Waals surface area contributed by atoms with E-state index in [0.29, 0.717) is 0 Å². The molecule has 2 heteroatoms. The molecule has 0 aromatic rings. The Morgan fingerprint density at radius 3 is 2.31 bits per heavy atom. The smallest absolute Gasteiger partial charge is 0.0392 e. The number of allylic oxidation sites excluding steroid dienone is 1. The van der Waals surface area contributed by atoms with Gasteiger partial charge in [0.1, 0.15) is 0 Å². The molecule has 0 aromatic heterocycles. The van der Waals surface area contributed by atoms with Crippen molar-refractivity contribution >= 4 is 23.5 Å². The first-order chi connectivity index (χ1) is 6.36. The third-order valence-electron chi connectivity index (χ3n) is 2.92. The molecule has 1 aliphatic carbocycles. The molecule has 13 heavy (non-hydrogen) atoms. The summed E-state index contributed by atoms with van der Waals surface area (Å²) in [5.41, 5.74) is 1.78. The maximum Gasteiger partial charge on any atom is 0.0392 e. The molecule has 0 amide bonds. The summed E-state index contributed by atoms with van der Waals surface area (Å²) >= 11 is 4.23. The van der Waals surface area contributed by atoms with Crippen LogP contribution in [0.25, 0.3) is 0 Å². The van der Waals surface area contributed by atoms with Crippen molar-refractivity contribution in [1.29, 1.82) is 0 Å². The average Bonchev–Trinajstić information content (AvgIpc) is 2.20. The van der Waals surface area contributed by atoms with Crippen molar-refractivity contribution in [2.24, 2.45) is 5.92 Å². The molecule has 0 spiro atoms. The minimum Gasteiger partial charge on any atom is -0.119 e. The van der Waals surface area contributed by atoms with E-state index in [0.717, 1.165) is 5.92 Å². The van der Waals surface area contributed by atoms with Crippen LogP contribution in [0.4, 0.5) is 0 Å². The van der Waals surface area contributed by atoms with Gasteiger partial charge in [-0.3, -0.25) is 0 Å². The van der Waals surface area contributed by atoms with E-state index in [9.17, 15) is 0 Å². The standard InChI is InChI=1S/C11H18S2/c1-9-3-5-10(6-4-9)11-12-7-2-8-13-11/h9H,2-8H2,1H3. The van der Waals surface area contributed by atoms with E-state index in [-0.39, 0.29) is 0 Å². The topological polar surface area (TPSA) is 0 Å². The van der Waals surface area contributed by atoms with Gasteiger partial charge >= 0.3 is 0 Å². The number of rotatable bonds is 0. The molecule has 0 nitrogen and oxygen atoms in total. The molecule has 2 fully saturated rings. The van der Waals surface area contributed by atoms with Crippen molar-refractivity contribution in [3.8, 4) is 0 Å². The van der Waals surface area contributed by atoms with E-state index >= 15 is 0 Å². The van der Waals surface area contributed by atoms with Crippen LogP contribution in [0.5, 0.6) is 0 Å². The predicted octanol–water partition coefficient (Wildman–Crippen LogP) is 4.28. The van der Waals surface area contributed by atoms with Gasteiger partial charge in [0.05, 0.1) is 0 Å². The van der Waals surface area contributed by atoms with E-state index in [4.69, 9.17) is 0 Å². The lowest BCUT2D eigenvalue weighted by molar-refractivity contribution is 0.444. The quantitative estimate of drug-likeness (QED) is 0.590. The zero-order valence-electron chi connectivity index (χ0n) is 8.34. The second-order valence-corrected chi connectivity index (χ2v) is 6.59. The van der Waals surface area contributed by atoms with Crippen molar-refractivity contribution < 1.29 is 0 Å². The van der Waals surface area contributed by atoms with Gasteiger partial charge in [-0.15, -0.1) is 23.5 Å². The van der Waals surface area contributed by atoms with Gasteiger partial charge in [-0.25, -0.2) is 0 Å². The summed E-state index contributed by atoms with van der Waals surface area (Å²) in [5, 5.41) is 0. The van der Waals surface area contributed by atoms with Gasteiger partial charge in [0.2, 0.25) is 0 Å². The normalized spacial score (nSPS) is 30.7. The fourth-order valence-corrected chi connectivity index (χ4v) is 4.73. The summed E-state index contributed by atoms with van der Waals surface area (Å²) in [6.45, 7) is 2.39. The molecular formula is C11H18S2. The molecule has 2 rings (SSSR count). The molecule has 0 aromatic carbocycles. The number of hydrogen-bond acceptors (Lipinski definition) is 2. The molecular weight excluding hydrogens is 196 g/mol. The monoisotopic (exact) mass is 214 g/mol. The fourth-order valence-electron chi connectivity index (χ4n) is 1.95. The number of hydrogen-bond donors (Lipinski definition) is 0. The Morgan fingerprint density at radius 1 is 1.08 bits per heavy atom. The molecule has 1 saturated carbocycles. The van der Waals surface area contributed by atoms with Gasteiger partial charge in [0.15, 0.2) is 0 Å². The van der Waals surface area contributed by atoms with E-state index in [1.807, 2.05) is 0 Å². The van der Waals surface area contributed by atoms with Crippen LogP contribution in [0.1, 0.15) is 39.0 Å². The molecule has 74 valence electrons. The van der Waals surface area contributed by atoms with Gasteiger partial charge in [0, 0.05) is 4.24 Å². The molecule has 0 atom stereocenters. The summed E-state index contributed by atoms with van der Waals surface area (Å²) in [6.07, 6.45) is 7.04. The predicted molar refractivity (Wildman–Crippen MR) is 64.2 cm³/mol. The summed E-state index contributed by atoms with van der Waals surface area (Å²) in [7, 11) is 0. The van der Waals surface area contributed by atoms with Crippen LogP contribution in [0, 0.1) is 5.92 Å². The van der Waals surface area contributed by atoms with Crippen LogP contribution >= 0.6 is 23.5 Å². The fraction of sp³-hybridized carbons (Fsp3) is 0.818. The lowest BCUT2D eigenvalue weighted by atomic mass is 9.88. The van der Waals surface area contributed by atoms with Crippen LogP contribution in [0.3, 0.4) is 0 Å². The molecule has 0 N–H and O–H groups in total. The van der Waals surface area contributed by atoms with Gasteiger partial charge in [-0.05, 0) is 49.5 Å². The van der Waals surface area contributed by atoms with Crippen molar-refractivity contribution in [1.82, 2.24) is 0 Å². The first-order valence-electron chi connectivity index (χ1n) is 5.34. The highest BCUT2D eigenvalue weighted by atomic mass is 32.2. The summed E-state index contributed by atoms with van der Waals surface area (Å²) < 4.78 is 1.69. The Hall–Kier alpha value is 0.440. The minimum atomic E-state index is 0.975. The molecule has 1 heterocycles. The Balaban J connectivity index is 1.97. The molecule has 0 radical (unpaired) electrons. The highest BCUT2D eigenvalue weighted by Gasteiger charge is 2.17. The van der Waals surface area contributed by atoms with E-state index in [2.05, 4.69) is 30.4 Å². The second kappa shape index (κ2) is 4.79. The highest BCUT2D eigenvalue weighted by Crippen LogP contribution is 2.42. The van der Waals surface area contributed by atoms with Crippen LogP contribution in [-0.4, -0.2) is 11.5 Å². The summed E-state index contributed by atoms with van der Waals surface area (Å²) in [5.74, 6) is 3.70. The second-order valence-electron chi connectivity index (χ2n) is 4.12. The number of thioether (sulfide) groups is 2. The molecule has 1 aliphatic heterocycles. The van der Waals surface area contributed by atoms with Crippen LogP contribution in [0.15, 0.2) is 9.81 Å². The lowest BCUT2D eigenvalue weighted by Gasteiger charge is -2.24. The summed E-state index contributed by atoms with van der Waals surface area (Å²) in [6, 6.07) is 0. The Kier molecular flexibility index (Phi) is 3.67. The SMILES string of the molecule is CC1CCC(=C2SCCCS2)CC1. The lowest BCUT2D eigenvalue weighted by Crippen LogP contribution is -2.06. The Bertz CT molecular complexity index is 190. The highest BCUT2D eigenvalue weighted by molar-refractivity contribution is 8.22. The van der Waals surface area contributed by atoms with Gasteiger partial charge < -0.3 is 0 Å². The molecule has 0 unspecified atom stereocenters. The van der Waals surface area contributed by atoms with Crippen molar-refractivity contribution in [3.63, 3.8) is 0 Å². The first-order valence-corrected chi connectivity index (χ1v) is 7.31. The average molecular weight is 214 g/mol. The maximum atomic E-state index is 2.39. The third kappa shape index (κ3) is 2.69. The largest absolute Gasteiger partial charge is 0.119 e. The van der Waals surface area contributed by atoms with Gasteiger partial charge in [-0.1, -0.05) is 12.5 Å². The maximum absolute atomic E-state index is 2.39. The van der Waals surface area contributed by atoms with Crippen LogP contribution < -0.4 is 0 Å². The zero-order valence-corrected chi connectivity index (χ0v) is 9.98. The van der Waals surface area contributed by atoms with Crippen molar-refractivity contribution in [2.75, 3.05) is 11.5 Å². The van der Waals surface area contributed by atoms with E-state index in [1.54, 1.807) is 9.81 Å². The van der Waals surface area contributed by atoms with E-state index < -0.39 is 0 Å². The first kappa shape index (κ1) is 9.97. The Labute approximate surface area is 89.9 Å². The molecule has 1 saturated heterocycles. The van der Waals surface area contributed by atoms with E-state index in [1.165, 1.54) is 43.6 Å².